The van der Waals surface area contributed by atoms with Gasteiger partial charge in [-0.3, -0.25) is 14.6 Å². The molecule has 4 rings (SSSR count). The van der Waals surface area contributed by atoms with Gasteiger partial charge >= 0.3 is 5.97 Å². The number of pyridine rings is 2. The van der Waals surface area contributed by atoms with Crippen molar-refractivity contribution in [1.82, 2.24) is 9.97 Å². The van der Waals surface area contributed by atoms with Gasteiger partial charge in [0.25, 0.3) is 5.91 Å². The highest BCUT2D eigenvalue weighted by Gasteiger charge is 2.31. The van der Waals surface area contributed by atoms with Crippen molar-refractivity contribution in [2.75, 3.05) is 10.6 Å². The zero-order valence-electron chi connectivity index (χ0n) is 18.9. The van der Waals surface area contributed by atoms with E-state index in [0.29, 0.717) is 11.4 Å². The molecular formula is C26H22N4O5S. The second-order valence-electron chi connectivity index (χ2n) is 7.82. The van der Waals surface area contributed by atoms with Crippen LogP contribution in [0.5, 0.6) is 0 Å². The van der Waals surface area contributed by atoms with Crippen molar-refractivity contribution in [3.05, 3.63) is 109 Å². The third-order valence-electron chi connectivity index (χ3n) is 5.30. The average molecular weight is 503 g/mol. The van der Waals surface area contributed by atoms with E-state index in [4.69, 9.17) is 0 Å². The van der Waals surface area contributed by atoms with Crippen molar-refractivity contribution in [1.29, 1.82) is 0 Å². The Bertz CT molecular complexity index is 1460. The van der Waals surface area contributed by atoms with Gasteiger partial charge in [-0.15, -0.1) is 0 Å². The summed E-state index contributed by atoms with van der Waals surface area (Å²) in [5, 5.41) is 13.8. The fourth-order valence-electron chi connectivity index (χ4n) is 3.54. The van der Waals surface area contributed by atoms with E-state index >= 15 is 0 Å². The maximum atomic E-state index is 13.3. The summed E-state index contributed by atoms with van der Waals surface area (Å²) in [6.07, 6.45) is 3.86. The van der Waals surface area contributed by atoms with Crippen LogP contribution in [0.25, 0.3) is 0 Å². The Morgan fingerprint density at radius 3 is 2.36 bits per heavy atom. The summed E-state index contributed by atoms with van der Waals surface area (Å²) < 4.78 is 26.7. The van der Waals surface area contributed by atoms with Crippen molar-refractivity contribution >= 4 is 38.9 Å². The number of carbonyl (C=O) groups excluding carboxylic acids is 1. The molecule has 0 aliphatic heterocycles. The average Bonchev–Trinajstić information content (AvgIpc) is 2.89. The first-order chi connectivity index (χ1) is 17.3. The molecule has 9 nitrogen and oxygen atoms in total. The number of hydrogen-bond donors (Lipinski definition) is 3. The molecule has 0 bridgehead atoms. The number of benzene rings is 2. The molecule has 10 heteroatoms. The maximum absolute atomic E-state index is 13.3. The quantitative estimate of drug-likeness (QED) is 0.305. The number of aliphatic carboxylic acids is 1. The Morgan fingerprint density at radius 2 is 1.69 bits per heavy atom. The first-order valence-corrected chi connectivity index (χ1v) is 12.4. The number of carboxylic acids is 1. The first kappa shape index (κ1) is 24.6. The van der Waals surface area contributed by atoms with E-state index in [-0.39, 0.29) is 16.1 Å². The third kappa shape index (κ3) is 5.91. The maximum Gasteiger partial charge on any atom is 0.305 e. The smallest absolute Gasteiger partial charge is 0.305 e. The predicted molar refractivity (Wildman–Crippen MR) is 135 cm³/mol. The largest absolute Gasteiger partial charge is 0.481 e. The fourth-order valence-corrected chi connectivity index (χ4v) is 5.29. The highest BCUT2D eigenvalue weighted by molar-refractivity contribution is 7.91. The molecule has 0 saturated carbocycles. The second-order valence-corrected chi connectivity index (χ2v) is 9.95. The number of amides is 1. The number of anilines is 3. The van der Waals surface area contributed by atoms with Gasteiger partial charge in [-0.05, 0) is 66.2 Å². The summed E-state index contributed by atoms with van der Waals surface area (Å²) in [5.74, 6) is -1.01. The van der Waals surface area contributed by atoms with Crippen LogP contribution in [0, 0.1) is 0 Å². The van der Waals surface area contributed by atoms with Crippen molar-refractivity contribution in [2.45, 2.75) is 16.6 Å². The van der Waals surface area contributed by atoms with Crippen LogP contribution in [0.3, 0.4) is 0 Å². The van der Waals surface area contributed by atoms with Gasteiger partial charge in [-0.1, -0.05) is 18.2 Å². The van der Waals surface area contributed by atoms with Gasteiger partial charge in [0, 0.05) is 35.5 Å². The highest BCUT2D eigenvalue weighted by Crippen LogP contribution is 2.32. The normalized spacial score (nSPS) is 11.9. The summed E-state index contributed by atoms with van der Waals surface area (Å²) >= 11 is 0. The van der Waals surface area contributed by atoms with Gasteiger partial charge in [0.2, 0.25) is 0 Å². The Hall–Kier alpha value is -4.57. The zero-order chi connectivity index (χ0) is 25.5. The number of rotatable bonds is 9. The van der Waals surface area contributed by atoms with Crippen LogP contribution in [-0.4, -0.2) is 35.4 Å². The Morgan fingerprint density at radius 1 is 0.889 bits per heavy atom. The molecule has 4 aromatic rings. The van der Waals surface area contributed by atoms with E-state index in [9.17, 15) is 23.1 Å². The molecule has 36 heavy (non-hydrogen) atoms. The molecule has 0 aliphatic rings. The number of carbonyl (C=O) groups is 2. The molecular weight excluding hydrogens is 480 g/mol. The van der Waals surface area contributed by atoms with Crippen molar-refractivity contribution < 1.29 is 23.1 Å². The molecule has 2 heterocycles. The van der Waals surface area contributed by atoms with Gasteiger partial charge in [-0.2, -0.15) is 0 Å². The third-order valence-corrected chi connectivity index (χ3v) is 7.39. The molecule has 0 spiro atoms. The summed E-state index contributed by atoms with van der Waals surface area (Å²) in [6.45, 7) is 0. The van der Waals surface area contributed by atoms with E-state index in [0.717, 1.165) is 5.69 Å². The molecule has 0 saturated heterocycles. The van der Waals surface area contributed by atoms with Crippen molar-refractivity contribution in [3.8, 4) is 0 Å². The summed E-state index contributed by atoms with van der Waals surface area (Å²) in [5.41, 5.74) is 1.65. The van der Waals surface area contributed by atoms with Crippen molar-refractivity contribution in [2.24, 2.45) is 0 Å². The SMILES string of the molecule is O=C(O)CC(c1cccnc1)S(=O)(=O)c1cccc(NC(=O)c2ccc(Nc3ccccn3)cc2)c1. The number of nitrogens with zero attached hydrogens (tertiary/aromatic N) is 2. The lowest BCUT2D eigenvalue weighted by atomic mass is 10.1. The Kier molecular flexibility index (Phi) is 7.36. The summed E-state index contributed by atoms with van der Waals surface area (Å²) in [7, 11) is -4.09. The lowest BCUT2D eigenvalue weighted by Crippen LogP contribution is -2.18. The predicted octanol–water partition coefficient (Wildman–Crippen LogP) is 4.46. The van der Waals surface area contributed by atoms with Crippen LogP contribution >= 0.6 is 0 Å². The minimum Gasteiger partial charge on any atom is -0.481 e. The van der Waals surface area contributed by atoms with E-state index < -0.39 is 33.4 Å². The molecule has 2 aromatic carbocycles. The second kappa shape index (κ2) is 10.8. The number of hydrogen-bond acceptors (Lipinski definition) is 7. The lowest BCUT2D eigenvalue weighted by Gasteiger charge is -2.17. The van der Waals surface area contributed by atoms with E-state index in [1.807, 2.05) is 18.2 Å². The Labute approximate surface area is 207 Å². The van der Waals surface area contributed by atoms with Gasteiger partial charge in [0.05, 0.1) is 11.3 Å². The number of sulfone groups is 1. The number of aromatic nitrogens is 2. The molecule has 2 aromatic heterocycles. The van der Waals surface area contributed by atoms with Crippen LogP contribution in [0.2, 0.25) is 0 Å². The molecule has 1 unspecified atom stereocenters. The first-order valence-electron chi connectivity index (χ1n) is 10.9. The number of carboxylic acid groups (broad SMARTS) is 1. The summed E-state index contributed by atoms with van der Waals surface area (Å²) in [4.78, 5) is 32.2. The lowest BCUT2D eigenvalue weighted by molar-refractivity contribution is -0.137. The van der Waals surface area contributed by atoms with E-state index in [1.54, 1.807) is 42.6 Å². The monoisotopic (exact) mass is 502 g/mol. The fraction of sp³-hybridized carbons (Fsp3) is 0.0769. The topological polar surface area (TPSA) is 138 Å². The van der Waals surface area contributed by atoms with Gasteiger partial charge in [-0.25, -0.2) is 13.4 Å². The van der Waals surface area contributed by atoms with Gasteiger partial charge in [0.1, 0.15) is 11.1 Å². The zero-order valence-corrected chi connectivity index (χ0v) is 19.7. The molecule has 3 N–H and O–H groups in total. The van der Waals surface area contributed by atoms with Crippen molar-refractivity contribution in [3.63, 3.8) is 0 Å². The molecule has 0 fully saturated rings. The molecule has 1 amide bonds. The van der Waals surface area contributed by atoms with Crippen LogP contribution in [-0.2, 0) is 14.6 Å². The molecule has 0 aliphatic carbocycles. The molecule has 182 valence electrons. The molecule has 0 radical (unpaired) electrons. The van der Waals surface area contributed by atoms with Crippen LogP contribution in [0.4, 0.5) is 17.2 Å². The van der Waals surface area contributed by atoms with Gasteiger partial charge < -0.3 is 15.7 Å². The van der Waals surface area contributed by atoms with E-state index in [2.05, 4.69) is 20.6 Å². The molecule has 1 atom stereocenters. The number of nitrogens with one attached hydrogen (secondary N) is 2. The minimum atomic E-state index is -4.09. The minimum absolute atomic E-state index is 0.106. The van der Waals surface area contributed by atoms with E-state index in [1.165, 1.54) is 36.7 Å². The van der Waals surface area contributed by atoms with Crippen LogP contribution < -0.4 is 10.6 Å². The standard InChI is InChI=1S/C26H22N4O5S/c31-25(32)16-23(19-5-4-13-27-17-19)36(34,35)22-7-3-6-21(15-22)30-26(33)18-9-11-20(12-10-18)29-24-8-1-2-14-28-24/h1-15,17,23H,16H2,(H,28,29)(H,30,33)(H,31,32). The highest BCUT2D eigenvalue weighted by atomic mass is 32.2. The Balaban J connectivity index is 1.52. The van der Waals surface area contributed by atoms with Crippen LogP contribution in [0.15, 0.2) is 102 Å². The summed E-state index contributed by atoms with van der Waals surface area (Å²) in [6, 6.07) is 21.0. The van der Waals surface area contributed by atoms with Gasteiger partial charge in [0.15, 0.2) is 9.84 Å². The van der Waals surface area contributed by atoms with Crippen LogP contribution in [0.1, 0.15) is 27.6 Å².